The number of halogens is 1. The maximum absolute atomic E-state index is 5.90. The molecule has 0 aliphatic rings. The van der Waals surface area contributed by atoms with Crippen LogP contribution in [-0.4, -0.2) is 23.1 Å². The van der Waals surface area contributed by atoms with E-state index in [2.05, 4.69) is 23.8 Å². The third kappa shape index (κ3) is 1.85. The number of nitrogens with zero attached hydrogens (tertiary/aromatic N) is 3. The van der Waals surface area contributed by atoms with Gasteiger partial charge in [-0.2, -0.15) is 0 Å². The minimum atomic E-state index is 0.386. The molecule has 0 aromatic carbocycles. The van der Waals surface area contributed by atoms with Crippen LogP contribution < -0.4 is 4.90 Å². The van der Waals surface area contributed by atoms with Gasteiger partial charge in [0.25, 0.3) is 0 Å². The summed E-state index contributed by atoms with van der Waals surface area (Å²) < 4.78 is 0. The zero-order valence-corrected chi connectivity index (χ0v) is 8.21. The van der Waals surface area contributed by atoms with Crippen LogP contribution in [0.15, 0.2) is 12.5 Å². The monoisotopic (exact) mass is 185 g/mol. The summed E-state index contributed by atoms with van der Waals surface area (Å²) >= 11 is 5.90. The van der Waals surface area contributed by atoms with Gasteiger partial charge in [0.2, 0.25) is 0 Å². The molecule has 0 aliphatic heterocycles. The second-order valence-corrected chi connectivity index (χ2v) is 3.31. The fraction of sp³-hybridized carbons (Fsp3) is 0.500. The van der Waals surface area contributed by atoms with Crippen molar-refractivity contribution in [2.24, 2.45) is 0 Å². The van der Waals surface area contributed by atoms with Crippen LogP contribution in [0.3, 0.4) is 0 Å². The summed E-state index contributed by atoms with van der Waals surface area (Å²) in [5.41, 5.74) is 0. The van der Waals surface area contributed by atoms with Crippen molar-refractivity contribution in [3.8, 4) is 0 Å². The Hall–Kier alpha value is -0.830. The standard InChI is InChI=1S/C8H12ClN3/c1-6(2)12(3)8-7(9)4-10-5-11-8/h4-6H,1-3H3. The highest BCUT2D eigenvalue weighted by Gasteiger charge is 2.09. The molecule has 0 aliphatic carbocycles. The maximum atomic E-state index is 5.90. The summed E-state index contributed by atoms with van der Waals surface area (Å²) in [4.78, 5) is 9.90. The lowest BCUT2D eigenvalue weighted by Gasteiger charge is -2.22. The Kier molecular flexibility index (Phi) is 2.87. The van der Waals surface area contributed by atoms with Crippen molar-refractivity contribution in [3.63, 3.8) is 0 Å². The molecule has 0 saturated heterocycles. The van der Waals surface area contributed by atoms with Gasteiger partial charge in [-0.3, -0.25) is 0 Å². The van der Waals surface area contributed by atoms with E-state index < -0.39 is 0 Å². The molecule has 3 nitrogen and oxygen atoms in total. The molecule has 1 rings (SSSR count). The molecule has 12 heavy (non-hydrogen) atoms. The number of hydrogen-bond donors (Lipinski definition) is 0. The lowest BCUT2D eigenvalue weighted by molar-refractivity contribution is 0.741. The summed E-state index contributed by atoms with van der Waals surface area (Å²) in [5.74, 6) is 0.779. The van der Waals surface area contributed by atoms with Gasteiger partial charge in [0.15, 0.2) is 5.82 Å². The Bertz CT molecular complexity index is 262. The van der Waals surface area contributed by atoms with Crippen LogP contribution in [-0.2, 0) is 0 Å². The van der Waals surface area contributed by atoms with Crippen molar-refractivity contribution in [3.05, 3.63) is 17.5 Å². The van der Waals surface area contributed by atoms with E-state index >= 15 is 0 Å². The fourth-order valence-electron chi connectivity index (χ4n) is 0.810. The van der Waals surface area contributed by atoms with E-state index in [9.17, 15) is 0 Å². The molecule has 1 aromatic heterocycles. The Labute approximate surface area is 77.4 Å². The molecule has 0 amide bonds. The number of aromatic nitrogens is 2. The van der Waals surface area contributed by atoms with E-state index in [0.29, 0.717) is 11.1 Å². The van der Waals surface area contributed by atoms with Crippen molar-refractivity contribution in [1.82, 2.24) is 9.97 Å². The maximum Gasteiger partial charge on any atom is 0.150 e. The highest BCUT2D eigenvalue weighted by Crippen LogP contribution is 2.21. The molecule has 4 heteroatoms. The summed E-state index contributed by atoms with van der Waals surface area (Å²) in [6.07, 6.45) is 3.10. The second kappa shape index (κ2) is 3.72. The van der Waals surface area contributed by atoms with Gasteiger partial charge in [-0.25, -0.2) is 9.97 Å². The van der Waals surface area contributed by atoms with Crippen molar-refractivity contribution in [2.45, 2.75) is 19.9 Å². The normalized spacial score (nSPS) is 10.4. The molecule has 1 aromatic rings. The quantitative estimate of drug-likeness (QED) is 0.706. The molecule has 0 bridgehead atoms. The molecular weight excluding hydrogens is 174 g/mol. The highest BCUT2D eigenvalue weighted by molar-refractivity contribution is 6.32. The van der Waals surface area contributed by atoms with Crippen LogP contribution in [0, 0.1) is 0 Å². The first-order valence-electron chi connectivity index (χ1n) is 3.81. The minimum absolute atomic E-state index is 0.386. The number of anilines is 1. The number of hydrogen-bond acceptors (Lipinski definition) is 3. The molecule has 66 valence electrons. The Morgan fingerprint density at radius 3 is 2.67 bits per heavy atom. The summed E-state index contributed by atoms with van der Waals surface area (Å²) in [6, 6.07) is 0.386. The van der Waals surface area contributed by atoms with Crippen LogP contribution in [0.1, 0.15) is 13.8 Å². The van der Waals surface area contributed by atoms with E-state index in [0.717, 1.165) is 5.82 Å². The Morgan fingerprint density at radius 2 is 2.17 bits per heavy atom. The highest BCUT2D eigenvalue weighted by atomic mass is 35.5. The average molecular weight is 186 g/mol. The smallest absolute Gasteiger partial charge is 0.150 e. The second-order valence-electron chi connectivity index (χ2n) is 2.90. The minimum Gasteiger partial charge on any atom is -0.356 e. The SMILES string of the molecule is CC(C)N(C)c1ncncc1Cl. The van der Waals surface area contributed by atoms with Crippen LogP contribution in [0.5, 0.6) is 0 Å². The zero-order valence-electron chi connectivity index (χ0n) is 7.45. The van der Waals surface area contributed by atoms with Gasteiger partial charge >= 0.3 is 0 Å². The van der Waals surface area contributed by atoms with Crippen molar-refractivity contribution < 1.29 is 0 Å². The van der Waals surface area contributed by atoms with E-state index in [1.807, 2.05) is 11.9 Å². The van der Waals surface area contributed by atoms with Gasteiger partial charge in [0.05, 0.1) is 6.20 Å². The van der Waals surface area contributed by atoms with Gasteiger partial charge < -0.3 is 4.90 Å². The molecule has 1 heterocycles. The van der Waals surface area contributed by atoms with E-state index in [-0.39, 0.29) is 0 Å². The topological polar surface area (TPSA) is 29.0 Å². The predicted molar refractivity (Wildman–Crippen MR) is 50.6 cm³/mol. The van der Waals surface area contributed by atoms with E-state index in [1.165, 1.54) is 6.33 Å². The molecule has 0 saturated carbocycles. The van der Waals surface area contributed by atoms with Gasteiger partial charge in [-0.15, -0.1) is 0 Å². The Morgan fingerprint density at radius 1 is 1.50 bits per heavy atom. The zero-order chi connectivity index (χ0) is 9.14. The third-order valence-corrected chi connectivity index (χ3v) is 2.02. The Balaban J connectivity index is 2.94. The fourth-order valence-corrected chi connectivity index (χ4v) is 1.05. The van der Waals surface area contributed by atoms with Gasteiger partial charge in [0, 0.05) is 13.1 Å². The van der Waals surface area contributed by atoms with Gasteiger partial charge in [-0.1, -0.05) is 11.6 Å². The van der Waals surface area contributed by atoms with Crippen LogP contribution in [0.2, 0.25) is 5.02 Å². The van der Waals surface area contributed by atoms with E-state index in [4.69, 9.17) is 11.6 Å². The molecule has 0 unspecified atom stereocenters. The molecule has 0 atom stereocenters. The molecular formula is C8H12ClN3. The molecule has 0 spiro atoms. The first-order chi connectivity index (χ1) is 5.63. The van der Waals surface area contributed by atoms with Crippen molar-refractivity contribution >= 4 is 17.4 Å². The van der Waals surface area contributed by atoms with Gasteiger partial charge in [0.1, 0.15) is 11.3 Å². The number of rotatable bonds is 2. The average Bonchev–Trinajstić information content (AvgIpc) is 2.04. The molecule has 0 N–H and O–H groups in total. The first kappa shape index (κ1) is 9.26. The largest absolute Gasteiger partial charge is 0.356 e. The lowest BCUT2D eigenvalue weighted by atomic mass is 10.3. The van der Waals surface area contributed by atoms with Crippen molar-refractivity contribution in [1.29, 1.82) is 0 Å². The summed E-state index contributed by atoms with van der Waals surface area (Å²) in [6.45, 7) is 4.16. The van der Waals surface area contributed by atoms with Crippen LogP contribution >= 0.6 is 11.6 Å². The lowest BCUT2D eigenvalue weighted by Crippen LogP contribution is -2.26. The molecule has 0 fully saturated rings. The van der Waals surface area contributed by atoms with E-state index in [1.54, 1.807) is 6.20 Å². The predicted octanol–water partition coefficient (Wildman–Crippen LogP) is 1.97. The van der Waals surface area contributed by atoms with Crippen LogP contribution in [0.25, 0.3) is 0 Å². The summed E-state index contributed by atoms with van der Waals surface area (Å²) in [5, 5.41) is 0.591. The third-order valence-electron chi connectivity index (χ3n) is 1.76. The molecule has 0 radical (unpaired) electrons. The van der Waals surface area contributed by atoms with Crippen LogP contribution in [0.4, 0.5) is 5.82 Å². The van der Waals surface area contributed by atoms with Crippen molar-refractivity contribution in [2.75, 3.05) is 11.9 Å². The van der Waals surface area contributed by atoms with Gasteiger partial charge in [-0.05, 0) is 13.8 Å². The first-order valence-corrected chi connectivity index (χ1v) is 4.19. The summed E-state index contributed by atoms with van der Waals surface area (Å²) in [7, 11) is 1.96.